The first kappa shape index (κ1) is 16.9. The molecule has 1 amide bonds. The summed E-state index contributed by atoms with van der Waals surface area (Å²) < 4.78 is 1.89. The third kappa shape index (κ3) is 3.59. The highest BCUT2D eigenvalue weighted by atomic mass is 16.1. The average Bonchev–Trinajstić information content (AvgIpc) is 2.98. The largest absolute Gasteiger partial charge is 0.352 e. The zero-order chi connectivity index (χ0) is 17.1. The van der Waals surface area contributed by atoms with Crippen LogP contribution >= 0.6 is 0 Å². The van der Waals surface area contributed by atoms with Crippen LogP contribution in [-0.4, -0.2) is 40.3 Å². The van der Waals surface area contributed by atoms with Crippen LogP contribution in [0.1, 0.15) is 55.2 Å². The van der Waals surface area contributed by atoms with Crippen molar-refractivity contribution in [2.75, 3.05) is 19.6 Å². The Balaban J connectivity index is 1.67. The number of carbonyl (C=O) groups excluding carboxylic acids is 1. The Bertz CT molecular complexity index is 716. The smallest absolute Gasteiger partial charge is 0.253 e. The number of hydrogen-bond acceptors (Lipinski definition) is 4. The van der Waals surface area contributed by atoms with Gasteiger partial charge in [-0.25, -0.2) is 9.67 Å². The maximum absolute atomic E-state index is 12.5. The summed E-state index contributed by atoms with van der Waals surface area (Å²) in [6, 6.07) is 2.15. The van der Waals surface area contributed by atoms with Crippen molar-refractivity contribution in [2.45, 2.75) is 46.1 Å². The van der Waals surface area contributed by atoms with Crippen LogP contribution in [0.2, 0.25) is 0 Å². The molecule has 1 unspecified atom stereocenters. The van der Waals surface area contributed by atoms with E-state index >= 15 is 0 Å². The first-order valence-corrected chi connectivity index (χ1v) is 8.90. The van der Waals surface area contributed by atoms with Gasteiger partial charge in [0.05, 0.1) is 17.5 Å². The number of hydrogen-bond donors (Lipinski definition) is 2. The van der Waals surface area contributed by atoms with Gasteiger partial charge in [-0.3, -0.25) is 4.79 Å². The summed E-state index contributed by atoms with van der Waals surface area (Å²) in [7, 11) is 0. The molecule has 24 heavy (non-hydrogen) atoms. The Kier molecular flexibility index (Phi) is 5.14. The molecule has 0 saturated carbocycles. The molecular weight excluding hydrogens is 302 g/mol. The third-order valence-corrected chi connectivity index (χ3v) is 4.73. The molecule has 2 N–H and O–H groups in total. The predicted octanol–water partition coefficient (Wildman–Crippen LogP) is 2.44. The fourth-order valence-corrected chi connectivity index (χ4v) is 3.33. The third-order valence-electron chi connectivity index (χ3n) is 4.73. The average molecular weight is 329 g/mol. The number of aromatic nitrogens is 3. The first-order valence-electron chi connectivity index (χ1n) is 8.90. The Labute approximate surface area is 143 Å². The van der Waals surface area contributed by atoms with Crippen LogP contribution in [0.4, 0.5) is 0 Å². The molecule has 2 aromatic heterocycles. The Morgan fingerprint density at radius 1 is 1.50 bits per heavy atom. The van der Waals surface area contributed by atoms with Gasteiger partial charge in [-0.05, 0) is 65.1 Å². The predicted molar refractivity (Wildman–Crippen MR) is 95.2 cm³/mol. The van der Waals surface area contributed by atoms with Gasteiger partial charge in [0.2, 0.25) is 0 Å². The van der Waals surface area contributed by atoms with Crippen LogP contribution in [0.3, 0.4) is 0 Å². The number of pyridine rings is 1. The van der Waals surface area contributed by atoms with Gasteiger partial charge < -0.3 is 10.6 Å². The number of rotatable bonds is 5. The minimum absolute atomic E-state index is 0.0389. The van der Waals surface area contributed by atoms with Gasteiger partial charge in [0.1, 0.15) is 0 Å². The van der Waals surface area contributed by atoms with Crippen molar-refractivity contribution in [2.24, 2.45) is 5.92 Å². The molecule has 6 heteroatoms. The highest BCUT2D eigenvalue weighted by Gasteiger charge is 2.16. The van der Waals surface area contributed by atoms with E-state index in [0.717, 1.165) is 36.2 Å². The standard InChI is InChI=1S/C18H27N5O/c1-12(2)23-17-15(11-21-23)9-16(13(3)22-17)18(24)20-8-6-14-5-4-7-19-10-14/h9,11-12,14,19H,4-8,10H2,1-3H3,(H,20,24). The summed E-state index contributed by atoms with van der Waals surface area (Å²) in [5.74, 6) is 0.632. The van der Waals surface area contributed by atoms with Crippen LogP contribution in [0.15, 0.2) is 12.3 Å². The van der Waals surface area contributed by atoms with Crippen molar-refractivity contribution in [3.8, 4) is 0 Å². The normalized spacial score (nSPS) is 18.2. The summed E-state index contributed by atoms with van der Waals surface area (Å²) in [5.41, 5.74) is 2.24. The van der Waals surface area contributed by atoms with Crippen molar-refractivity contribution in [3.05, 3.63) is 23.5 Å². The van der Waals surface area contributed by atoms with Gasteiger partial charge in [-0.2, -0.15) is 5.10 Å². The molecule has 3 rings (SSSR count). The minimum atomic E-state index is -0.0389. The molecule has 1 saturated heterocycles. The molecule has 3 heterocycles. The second-order valence-corrected chi connectivity index (χ2v) is 6.97. The van der Waals surface area contributed by atoms with Gasteiger partial charge in [0.15, 0.2) is 5.65 Å². The van der Waals surface area contributed by atoms with E-state index in [4.69, 9.17) is 0 Å². The minimum Gasteiger partial charge on any atom is -0.352 e. The van der Waals surface area contributed by atoms with E-state index in [9.17, 15) is 4.79 Å². The molecule has 0 aliphatic carbocycles. The van der Waals surface area contributed by atoms with Crippen LogP contribution in [0.5, 0.6) is 0 Å². The fraction of sp³-hybridized carbons (Fsp3) is 0.611. The molecule has 0 radical (unpaired) electrons. The first-order chi connectivity index (χ1) is 11.6. The van der Waals surface area contributed by atoms with E-state index in [-0.39, 0.29) is 11.9 Å². The zero-order valence-electron chi connectivity index (χ0n) is 14.8. The van der Waals surface area contributed by atoms with E-state index in [1.54, 1.807) is 6.20 Å². The monoisotopic (exact) mass is 329 g/mol. The molecule has 130 valence electrons. The van der Waals surface area contributed by atoms with Crippen molar-refractivity contribution >= 4 is 16.9 Å². The van der Waals surface area contributed by atoms with E-state index in [2.05, 4.69) is 34.6 Å². The van der Waals surface area contributed by atoms with Crippen LogP contribution in [0.25, 0.3) is 11.0 Å². The second kappa shape index (κ2) is 7.30. The molecule has 1 atom stereocenters. The summed E-state index contributed by atoms with van der Waals surface area (Å²) >= 11 is 0. The number of carbonyl (C=O) groups is 1. The highest BCUT2D eigenvalue weighted by Crippen LogP contribution is 2.19. The number of aryl methyl sites for hydroxylation is 1. The molecule has 1 aliphatic rings. The van der Waals surface area contributed by atoms with Crippen LogP contribution < -0.4 is 10.6 Å². The summed E-state index contributed by atoms with van der Waals surface area (Å²) in [4.78, 5) is 17.1. The number of fused-ring (bicyclic) bond motifs is 1. The number of nitrogens with zero attached hydrogens (tertiary/aromatic N) is 3. The van der Waals surface area contributed by atoms with Gasteiger partial charge in [-0.1, -0.05) is 0 Å². The van der Waals surface area contributed by atoms with E-state index < -0.39 is 0 Å². The van der Waals surface area contributed by atoms with Crippen molar-refractivity contribution in [1.82, 2.24) is 25.4 Å². The SMILES string of the molecule is Cc1nc2c(cnn2C(C)C)cc1C(=O)NCCC1CCCNC1. The van der Waals surface area contributed by atoms with Gasteiger partial charge in [0.25, 0.3) is 5.91 Å². The number of nitrogens with one attached hydrogen (secondary N) is 2. The lowest BCUT2D eigenvalue weighted by molar-refractivity contribution is 0.0950. The van der Waals surface area contributed by atoms with Crippen LogP contribution in [-0.2, 0) is 0 Å². The van der Waals surface area contributed by atoms with E-state index in [1.165, 1.54) is 12.8 Å². The Hall–Kier alpha value is -1.95. The van der Waals surface area contributed by atoms with Crippen LogP contribution in [0, 0.1) is 12.8 Å². The zero-order valence-corrected chi connectivity index (χ0v) is 14.8. The summed E-state index contributed by atoms with van der Waals surface area (Å²) in [6.45, 7) is 8.94. The van der Waals surface area contributed by atoms with Crippen molar-refractivity contribution < 1.29 is 4.79 Å². The molecule has 0 spiro atoms. The maximum Gasteiger partial charge on any atom is 0.253 e. The molecule has 0 aromatic carbocycles. The maximum atomic E-state index is 12.5. The van der Waals surface area contributed by atoms with Gasteiger partial charge in [0, 0.05) is 18.0 Å². The molecule has 2 aromatic rings. The number of piperidine rings is 1. The van der Waals surface area contributed by atoms with Gasteiger partial charge in [-0.15, -0.1) is 0 Å². The van der Waals surface area contributed by atoms with E-state index in [0.29, 0.717) is 18.0 Å². The Morgan fingerprint density at radius 3 is 3.04 bits per heavy atom. The number of amides is 1. The fourth-order valence-electron chi connectivity index (χ4n) is 3.33. The lowest BCUT2D eigenvalue weighted by Gasteiger charge is -2.22. The topological polar surface area (TPSA) is 71.8 Å². The Morgan fingerprint density at radius 2 is 2.33 bits per heavy atom. The van der Waals surface area contributed by atoms with Gasteiger partial charge >= 0.3 is 0 Å². The molecule has 1 fully saturated rings. The highest BCUT2D eigenvalue weighted by molar-refractivity contribution is 5.98. The molecule has 1 aliphatic heterocycles. The summed E-state index contributed by atoms with van der Waals surface area (Å²) in [6.07, 6.45) is 5.30. The van der Waals surface area contributed by atoms with Crippen molar-refractivity contribution in [3.63, 3.8) is 0 Å². The van der Waals surface area contributed by atoms with E-state index in [1.807, 2.05) is 17.7 Å². The lowest BCUT2D eigenvalue weighted by atomic mass is 9.96. The molecule has 6 nitrogen and oxygen atoms in total. The molecular formula is C18H27N5O. The summed E-state index contributed by atoms with van der Waals surface area (Å²) in [5, 5.41) is 11.7. The lowest BCUT2D eigenvalue weighted by Crippen LogP contribution is -2.33. The van der Waals surface area contributed by atoms with Crippen molar-refractivity contribution in [1.29, 1.82) is 0 Å². The molecule has 0 bridgehead atoms. The second-order valence-electron chi connectivity index (χ2n) is 6.97. The quantitative estimate of drug-likeness (QED) is 0.884.